The van der Waals surface area contributed by atoms with Crippen LogP contribution in [0.1, 0.15) is 23.6 Å². The van der Waals surface area contributed by atoms with Gasteiger partial charge in [0.05, 0.1) is 0 Å². The van der Waals surface area contributed by atoms with E-state index in [1.165, 1.54) is 18.6 Å². The van der Waals surface area contributed by atoms with E-state index in [9.17, 15) is 5.11 Å². The number of aryl methyl sites for hydroxylation is 2. The molecule has 0 spiro atoms. The Morgan fingerprint density at radius 2 is 1.47 bits per heavy atom. The number of phenols is 3. The molecule has 0 saturated heterocycles. The molecule has 3 heteroatoms. The zero-order chi connectivity index (χ0) is 14.4. The van der Waals surface area contributed by atoms with Gasteiger partial charge in [-0.3, -0.25) is 0 Å². The Morgan fingerprint density at radius 1 is 0.895 bits per heavy atom. The van der Waals surface area contributed by atoms with Crippen LogP contribution in [-0.4, -0.2) is 15.3 Å². The number of hydrogen-bond donors (Lipinski definition) is 3. The first-order valence-corrected chi connectivity index (χ1v) is 6.22. The first kappa shape index (κ1) is 14.9. The summed E-state index contributed by atoms with van der Waals surface area (Å²) in [6.07, 6.45) is 1.14. The van der Waals surface area contributed by atoms with Crippen LogP contribution in [0.4, 0.5) is 0 Å². The van der Waals surface area contributed by atoms with Crippen molar-refractivity contribution >= 4 is 0 Å². The summed E-state index contributed by atoms with van der Waals surface area (Å²) in [5, 5.41) is 27.4. The third-order valence-corrected chi connectivity index (χ3v) is 2.93. The molecule has 0 bridgehead atoms. The molecule has 0 aliphatic heterocycles. The minimum absolute atomic E-state index is 0.0281. The molecule has 0 fully saturated rings. The second-order valence-corrected chi connectivity index (χ2v) is 4.37. The normalized spacial score (nSPS) is 9.63. The van der Waals surface area contributed by atoms with Gasteiger partial charge in [0.1, 0.15) is 5.75 Å². The average Bonchev–Trinajstić information content (AvgIpc) is 2.44. The summed E-state index contributed by atoms with van der Waals surface area (Å²) >= 11 is 0. The summed E-state index contributed by atoms with van der Waals surface area (Å²) < 4.78 is 0. The Balaban J connectivity index is 0.000000200. The van der Waals surface area contributed by atoms with Crippen molar-refractivity contribution in [3.63, 3.8) is 0 Å². The molecule has 2 aromatic rings. The summed E-state index contributed by atoms with van der Waals surface area (Å²) in [6, 6.07) is 11.8. The van der Waals surface area contributed by atoms with Gasteiger partial charge in [0.2, 0.25) is 0 Å². The third kappa shape index (κ3) is 3.91. The number of rotatable bonds is 1. The lowest BCUT2D eigenvalue weighted by Gasteiger charge is -2.06. The Labute approximate surface area is 113 Å². The largest absolute Gasteiger partial charge is 0.507 e. The molecule has 2 rings (SSSR count). The summed E-state index contributed by atoms with van der Waals surface area (Å²) in [5.41, 5.74) is 2.27. The van der Waals surface area contributed by atoms with Crippen LogP contribution in [0.5, 0.6) is 17.2 Å². The quantitative estimate of drug-likeness (QED) is 0.541. The fourth-order valence-corrected chi connectivity index (χ4v) is 1.66. The number of aromatic hydroxyl groups is 3. The summed E-state index contributed by atoms with van der Waals surface area (Å²) in [5.74, 6) is -0.425. The first-order chi connectivity index (χ1) is 8.97. The van der Waals surface area contributed by atoms with Crippen LogP contribution in [0.3, 0.4) is 0 Å². The van der Waals surface area contributed by atoms with Gasteiger partial charge < -0.3 is 15.3 Å². The highest BCUT2D eigenvalue weighted by atomic mass is 16.3. The van der Waals surface area contributed by atoms with Gasteiger partial charge in [0.15, 0.2) is 11.5 Å². The lowest BCUT2D eigenvalue weighted by Crippen LogP contribution is -1.81. The molecule has 0 unspecified atom stereocenters. The third-order valence-electron chi connectivity index (χ3n) is 2.93. The Hall–Kier alpha value is -2.16. The van der Waals surface area contributed by atoms with E-state index in [2.05, 4.69) is 31.2 Å². The molecule has 0 radical (unpaired) electrons. The Kier molecular flexibility index (Phi) is 5.24. The zero-order valence-electron chi connectivity index (χ0n) is 11.5. The van der Waals surface area contributed by atoms with Gasteiger partial charge in [0, 0.05) is 5.56 Å². The van der Waals surface area contributed by atoms with Crippen molar-refractivity contribution in [2.45, 2.75) is 27.2 Å². The summed E-state index contributed by atoms with van der Waals surface area (Å²) in [4.78, 5) is 0. The minimum atomic E-state index is -0.256. The summed E-state index contributed by atoms with van der Waals surface area (Å²) in [6.45, 7) is 5.36. The predicted octanol–water partition coefficient (Wildman–Crippen LogP) is 3.67. The monoisotopic (exact) mass is 260 g/mol. The summed E-state index contributed by atoms with van der Waals surface area (Å²) in [7, 11) is 0. The smallest absolute Gasteiger partial charge is 0.164 e. The molecule has 0 aromatic heterocycles. The molecule has 0 amide bonds. The lowest BCUT2D eigenvalue weighted by atomic mass is 10.1. The van der Waals surface area contributed by atoms with Crippen molar-refractivity contribution in [3.05, 3.63) is 53.1 Å². The fraction of sp³-hybridized carbons (Fsp3) is 0.250. The maximum absolute atomic E-state index is 9.24. The standard InChI is InChI=1S/C8H10O3.C8H10/c1-4-3-6(9)8(11)5(2)7(4)10;1-2-8-6-4-3-5-7-8/h3,9-11H,1-2H3;3-7H,2H2,1H3. The van der Waals surface area contributed by atoms with E-state index < -0.39 is 0 Å². The molecule has 3 N–H and O–H groups in total. The highest BCUT2D eigenvalue weighted by Crippen LogP contribution is 2.36. The van der Waals surface area contributed by atoms with Gasteiger partial charge in [-0.2, -0.15) is 0 Å². The molecule has 0 heterocycles. The highest BCUT2D eigenvalue weighted by molar-refractivity contribution is 5.54. The van der Waals surface area contributed by atoms with E-state index >= 15 is 0 Å². The second kappa shape index (κ2) is 6.69. The van der Waals surface area contributed by atoms with Gasteiger partial charge in [-0.15, -0.1) is 0 Å². The molecule has 3 nitrogen and oxygen atoms in total. The van der Waals surface area contributed by atoms with Crippen molar-refractivity contribution in [3.8, 4) is 17.2 Å². The van der Waals surface area contributed by atoms with Gasteiger partial charge in [-0.05, 0) is 37.5 Å². The Bertz CT molecular complexity index is 507. The van der Waals surface area contributed by atoms with E-state index in [-0.39, 0.29) is 17.2 Å². The Morgan fingerprint density at radius 3 is 1.95 bits per heavy atom. The van der Waals surface area contributed by atoms with E-state index in [1.807, 2.05) is 6.07 Å². The maximum Gasteiger partial charge on any atom is 0.164 e. The first-order valence-electron chi connectivity index (χ1n) is 6.22. The van der Waals surface area contributed by atoms with Crippen LogP contribution in [-0.2, 0) is 6.42 Å². The molecule has 0 saturated carbocycles. The molecule has 2 aromatic carbocycles. The number of hydrogen-bond acceptors (Lipinski definition) is 3. The van der Waals surface area contributed by atoms with E-state index in [1.54, 1.807) is 6.92 Å². The molecular formula is C16H20O3. The zero-order valence-corrected chi connectivity index (χ0v) is 11.5. The van der Waals surface area contributed by atoms with E-state index in [0.29, 0.717) is 11.1 Å². The van der Waals surface area contributed by atoms with Gasteiger partial charge in [-0.25, -0.2) is 0 Å². The topological polar surface area (TPSA) is 60.7 Å². The van der Waals surface area contributed by atoms with E-state index in [0.717, 1.165) is 6.42 Å². The van der Waals surface area contributed by atoms with Crippen molar-refractivity contribution in [2.24, 2.45) is 0 Å². The molecule has 0 aliphatic carbocycles. The number of phenolic OH excluding ortho intramolecular Hbond substituents is 3. The minimum Gasteiger partial charge on any atom is -0.507 e. The van der Waals surface area contributed by atoms with Crippen molar-refractivity contribution in [2.75, 3.05) is 0 Å². The van der Waals surface area contributed by atoms with Crippen LogP contribution in [0.25, 0.3) is 0 Å². The van der Waals surface area contributed by atoms with Crippen molar-refractivity contribution in [1.82, 2.24) is 0 Å². The van der Waals surface area contributed by atoms with Crippen LogP contribution in [0.2, 0.25) is 0 Å². The second-order valence-electron chi connectivity index (χ2n) is 4.37. The molecule has 0 atom stereocenters. The predicted molar refractivity (Wildman–Crippen MR) is 76.7 cm³/mol. The van der Waals surface area contributed by atoms with Gasteiger partial charge >= 0.3 is 0 Å². The number of benzene rings is 2. The van der Waals surface area contributed by atoms with Crippen molar-refractivity contribution in [1.29, 1.82) is 0 Å². The molecular weight excluding hydrogens is 240 g/mol. The lowest BCUT2D eigenvalue weighted by molar-refractivity contribution is 0.391. The van der Waals surface area contributed by atoms with Crippen molar-refractivity contribution < 1.29 is 15.3 Å². The van der Waals surface area contributed by atoms with Crippen LogP contribution in [0.15, 0.2) is 36.4 Å². The van der Waals surface area contributed by atoms with Crippen LogP contribution in [0, 0.1) is 13.8 Å². The maximum atomic E-state index is 9.24. The fourth-order valence-electron chi connectivity index (χ4n) is 1.66. The van der Waals surface area contributed by atoms with Crippen LogP contribution < -0.4 is 0 Å². The molecule has 19 heavy (non-hydrogen) atoms. The van der Waals surface area contributed by atoms with E-state index in [4.69, 9.17) is 10.2 Å². The van der Waals surface area contributed by atoms with Gasteiger partial charge in [0.25, 0.3) is 0 Å². The van der Waals surface area contributed by atoms with Crippen LogP contribution >= 0.6 is 0 Å². The molecule has 102 valence electrons. The highest BCUT2D eigenvalue weighted by Gasteiger charge is 2.09. The molecule has 0 aliphatic rings. The average molecular weight is 260 g/mol. The van der Waals surface area contributed by atoms with Gasteiger partial charge in [-0.1, -0.05) is 37.3 Å². The SMILES string of the molecule is CCc1ccccc1.Cc1cc(O)c(O)c(C)c1O.